The van der Waals surface area contributed by atoms with E-state index in [0.29, 0.717) is 0 Å². The highest BCUT2D eigenvalue weighted by molar-refractivity contribution is 7.82. The summed E-state index contributed by atoms with van der Waals surface area (Å²) >= 11 is 0. The summed E-state index contributed by atoms with van der Waals surface area (Å²) < 4.78 is 1.08. The van der Waals surface area contributed by atoms with Crippen LogP contribution in [0.25, 0.3) is 0 Å². The Balaban J connectivity index is 5.20. The highest BCUT2D eigenvalue weighted by Crippen LogP contribution is 2.38. The van der Waals surface area contributed by atoms with Crippen molar-refractivity contribution >= 4 is 27.2 Å². The van der Waals surface area contributed by atoms with Gasteiger partial charge in [-0.05, 0) is 20.0 Å². The molecule has 0 unspecified atom stereocenters. The fourth-order valence-electron chi connectivity index (χ4n) is 1.90. The zero-order valence-corrected chi connectivity index (χ0v) is 13.5. The standard InChI is InChI=1S/C10H28BNPSi/c1-12(2,3)11-10(13(4,5)6)14(7,8)9/h11H,1-9H3/q+1. The van der Waals surface area contributed by atoms with Gasteiger partial charge in [0.15, 0.2) is 0 Å². The molecule has 0 bridgehead atoms. The molecule has 0 spiro atoms. The summed E-state index contributed by atoms with van der Waals surface area (Å²) in [7, 11) is 7.09. The summed E-state index contributed by atoms with van der Waals surface area (Å²) in [5.41, 5.74) is 0. The summed E-state index contributed by atoms with van der Waals surface area (Å²) in [5, 5.41) is 0. The lowest BCUT2D eigenvalue weighted by atomic mass is 9.93. The molecule has 4 heteroatoms. The summed E-state index contributed by atoms with van der Waals surface area (Å²) in [4.78, 5) is 1.90. The maximum atomic E-state index is 2.49. The average Bonchev–Trinajstić information content (AvgIpc) is 1.75. The molecule has 0 aliphatic rings. The molecule has 0 aromatic rings. The van der Waals surface area contributed by atoms with E-state index < -0.39 is 15.0 Å². The third kappa shape index (κ3) is 5.43. The minimum atomic E-state index is -1.08. The summed E-state index contributed by atoms with van der Waals surface area (Å²) in [6.07, 6.45) is 0. The van der Waals surface area contributed by atoms with Crippen molar-refractivity contribution in [2.45, 2.75) is 19.6 Å². The van der Waals surface area contributed by atoms with Crippen LogP contribution in [0.4, 0.5) is 0 Å². The quantitative estimate of drug-likeness (QED) is 0.515. The molecule has 0 radical (unpaired) electrons. The Bertz CT molecular complexity index is 246. The first kappa shape index (κ1) is 14.5. The van der Waals surface area contributed by atoms with Gasteiger partial charge in [0.25, 0.3) is 0 Å². The minimum Gasteiger partial charge on any atom is -0.400 e. The third-order valence-corrected chi connectivity index (χ3v) is 9.98. The number of quaternary nitrogens is 1. The first-order valence-electron chi connectivity index (χ1n) is 5.33. The predicted octanol–water partition coefficient (Wildman–Crippen LogP) is 1.96. The van der Waals surface area contributed by atoms with E-state index in [-0.39, 0.29) is 0 Å². The van der Waals surface area contributed by atoms with Gasteiger partial charge < -0.3 is 4.39 Å². The molecule has 0 aromatic carbocycles. The van der Waals surface area contributed by atoms with Crippen LogP contribution >= 0.6 is 6.89 Å². The highest BCUT2D eigenvalue weighted by atomic mass is 31.2. The Morgan fingerprint density at radius 3 is 1.43 bits per heavy atom. The van der Waals surface area contributed by atoms with Crippen molar-refractivity contribution in [2.75, 3.05) is 41.1 Å². The molecule has 1 nitrogen and oxygen atoms in total. The van der Waals surface area contributed by atoms with Gasteiger partial charge in [-0.2, -0.15) is 0 Å². The van der Waals surface area contributed by atoms with E-state index >= 15 is 0 Å². The van der Waals surface area contributed by atoms with E-state index in [2.05, 4.69) is 60.8 Å². The first-order valence-corrected chi connectivity index (χ1v) is 12.0. The largest absolute Gasteiger partial charge is 0.416 e. The zero-order valence-electron chi connectivity index (χ0n) is 11.6. The van der Waals surface area contributed by atoms with Gasteiger partial charge in [0.2, 0.25) is 0 Å². The molecule has 0 rings (SSSR count). The molecule has 14 heavy (non-hydrogen) atoms. The van der Waals surface area contributed by atoms with E-state index in [4.69, 9.17) is 0 Å². The van der Waals surface area contributed by atoms with E-state index in [1.807, 2.05) is 4.82 Å². The van der Waals surface area contributed by atoms with Crippen LogP contribution in [0.5, 0.6) is 0 Å². The maximum absolute atomic E-state index is 2.49. The lowest BCUT2D eigenvalue weighted by Crippen LogP contribution is -2.51. The lowest BCUT2D eigenvalue weighted by Gasteiger charge is -2.33. The predicted molar refractivity (Wildman–Crippen MR) is 78.2 cm³/mol. The van der Waals surface area contributed by atoms with Crippen LogP contribution in [0, 0.1) is 0 Å². The molecule has 0 N–H and O–H groups in total. The van der Waals surface area contributed by atoms with Crippen molar-refractivity contribution in [3.05, 3.63) is 0 Å². The van der Waals surface area contributed by atoms with Crippen LogP contribution in [0.15, 0.2) is 0 Å². The van der Waals surface area contributed by atoms with Gasteiger partial charge in [-0.25, -0.2) is 0 Å². The molecule has 0 aliphatic heterocycles. The van der Waals surface area contributed by atoms with Gasteiger partial charge in [0.05, 0.1) is 8.07 Å². The normalized spacial score (nSPS) is 14.1. The smallest absolute Gasteiger partial charge is 0.400 e. The Labute approximate surface area is 92.7 Å². The molecule has 0 aliphatic carbocycles. The Hall–Kier alpha value is 0.542. The van der Waals surface area contributed by atoms with E-state index in [9.17, 15) is 0 Å². The second-order valence-electron chi connectivity index (χ2n) is 7.16. The molecule has 0 heterocycles. The van der Waals surface area contributed by atoms with E-state index in [1.165, 1.54) is 7.41 Å². The first-order chi connectivity index (χ1) is 5.84. The van der Waals surface area contributed by atoms with Crippen LogP contribution in [0.3, 0.4) is 0 Å². The van der Waals surface area contributed by atoms with Gasteiger partial charge in [-0.15, -0.1) is 6.89 Å². The Morgan fingerprint density at radius 2 is 1.36 bits per heavy atom. The molecule has 0 saturated heterocycles. The van der Waals surface area contributed by atoms with Crippen LogP contribution < -0.4 is 0 Å². The third-order valence-electron chi connectivity index (χ3n) is 2.30. The fraction of sp³-hybridized carbons (Fsp3) is 0.900. The van der Waals surface area contributed by atoms with Crippen molar-refractivity contribution in [2.24, 2.45) is 0 Å². The van der Waals surface area contributed by atoms with Crippen molar-refractivity contribution in [3.63, 3.8) is 0 Å². The highest BCUT2D eigenvalue weighted by Gasteiger charge is 2.31. The average molecular weight is 232 g/mol. The SMILES string of the molecule is C[N+](C)(C)BC([Si](C)(C)C)=P(C)(C)C. The van der Waals surface area contributed by atoms with Gasteiger partial charge in [0, 0.05) is 21.1 Å². The van der Waals surface area contributed by atoms with Crippen LogP contribution in [-0.2, 0) is 0 Å². The van der Waals surface area contributed by atoms with E-state index in [0.717, 1.165) is 4.39 Å². The second kappa shape index (κ2) is 4.19. The van der Waals surface area contributed by atoms with Gasteiger partial charge in [0.1, 0.15) is 0 Å². The minimum absolute atomic E-state index is 0.781. The summed E-state index contributed by atoms with van der Waals surface area (Å²) in [6, 6.07) is 0. The molecule has 84 valence electrons. The van der Waals surface area contributed by atoms with Crippen molar-refractivity contribution < 1.29 is 4.39 Å². The molecular weight excluding hydrogens is 204 g/mol. The van der Waals surface area contributed by atoms with Crippen molar-refractivity contribution in [3.8, 4) is 0 Å². The zero-order chi connectivity index (χ0) is 11.8. The number of hydrogen-bond donors (Lipinski definition) is 0. The van der Waals surface area contributed by atoms with Gasteiger partial charge in [-0.1, -0.05) is 24.5 Å². The summed E-state index contributed by atoms with van der Waals surface area (Å²) in [5.74, 6) is 0. The Morgan fingerprint density at radius 1 is 1.00 bits per heavy atom. The van der Waals surface area contributed by atoms with Gasteiger partial charge in [-0.3, -0.25) is 0 Å². The van der Waals surface area contributed by atoms with Gasteiger partial charge >= 0.3 is 7.41 Å². The number of hydrogen-bond acceptors (Lipinski definition) is 0. The van der Waals surface area contributed by atoms with Crippen molar-refractivity contribution in [1.82, 2.24) is 0 Å². The molecular formula is C10H28BNPSi+. The second-order valence-corrected chi connectivity index (χ2v) is 17.2. The van der Waals surface area contributed by atoms with Crippen molar-refractivity contribution in [1.29, 1.82) is 0 Å². The molecule has 0 aromatic heterocycles. The molecule has 0 fully saturated rings. The summed E-state index contributed by atoms with van der Waals surface area (Å²) in [6.45, 7) is 14.1. The number of nitrogens with zero attached hydrogens (tertiary/aromatic N) is 1. The lowest BCUT2D eigenvalue weighted by molar-refractivity contribution is -0.753. The fourth-order valence-corrected chi connectivity index (χ4v) is 11.8. The van der Waals surface area contributed by atoms with Crippen LogP contribution in [-0.4, -0.2) is 65.8 Å². The van der Waals surface area contributed by atoms with Crippen LogP contribution in [0.1, 0.15) is 0 Å². The maximum Gasteiger partial charge on any atom is 0.416 e. The monoisotopic (exact) mass is 232 g/mol. The molecule has 0 amide bonds. The van der Waals surface area contributed by atoms with Crippen LogP contribution in [0.2, 0.25) is 19.6 Å². The number of rotatable bonds is 3. The van der Waals surface area contributed by atoms with E-state index in [1.54, 1.807) is 0 Å². The topological polar surface area (TPSA) is 0 Å². The Kier molecular flexibility index (Phi) is 4.35. The molecule has 0 saturated carbocycles. The molecule has 0 atom stereocenters.